The Bertz CT molecular complexity index is 178. The van der Waals surface area contributed by atoms with E-state index in [9.17, 15) is 4.79 Å². The fourth-order valence-corrected chi connectivity index (χ4v) is 1.80. The van der Waals surface area contributed by atoms with E-state index >= 15 is 0 Å². The Hall–Kier alpha value is -0.770. The van der Waals surface area contributed by atoms with Gasteiger partial charge in [-0.25, -0.2) is 4.79 Å². The Morgan fingerprint density at radius 3 is 3.08 bits per heavy atom. The van der Waals surface area contributed by atoms with E-state index in [1.54, 1.807) is 0 Å². The quantitative estimate of drug-likeness (QED) is 0.610. The van der Waals surface area contributed by atoms with Gasteiger partial charge < -0.3 is 15.0 Å². The number of ether oxygens (including phenoxy) is 1. The highest BCUT2D eigenvalue weighted by Crippen LogP contribution is 2.14. The number of hydrogen-bond acceptors (Lipinski definition) is 2. The van der Waals surface area contributed by atoms with Crippen LogP contribution in [0.5, 0.6) is 0 Å². The van der Waals surface area contributed by atoms with E-state index in [1.165, 1.54) is 0 Å². The van der Waals surface area contributed by atoms with Crippen LogP contribution in [0.3, 0.4) is 0 Å². The standard InChI is InChI=1S/C8H14N2O2/c11-8-9-3-4-10(8)7-2-1-5-12-6-7/h7H,1-6H2,(H,9,11). The third-order valence-corrected chi connectivity index (χ3v) is 2.47. The zero-order chi connectivity index (χ0) is 8.39. The Morgan fingerprint density at radius 1 is 1.58 bits per heavy atom. The summed E-state index contributed by atoms with van der Waals surface area (Å²) in [6, 6.07) is 0.395. The molecule has 2 saturated heterocycles. The van der Waals surface area contributed by atoms with Crippen molar-refractivity contribution in [1.82, 2.24) is 10.2 Å². The van der Waals surface area contributed by atoms with Crippen molar-refractivity contribution in [3.63, 3.8) is 0 Å². The van der Waals surface area contributed by atoms with Crippen LogP contribution in [0.15, 0.2) is 0 Å². The fraction of sp³-hybridized carbons (Fsp3) is 0.875. The summed E-state index contributed by atoms with van der Waals surface area (Å²) in [5.74, 6) is 0. The molecule has 2 aliphatic rings. The maximum Gasteiger partial charge on any atom is 0.317 e. The van der Waals surface area contributed by atoms with Crippen LogP contribution in [0.2, 0.25) is 0 Å². The van der Waals surface area contributed by atoms with Gasteiger partial charge in [-0.1, -0.05) is 0 Å². The van der Waals surface area contributed by atoms with Crippen molar-refractivity contribution >= 4 is 6.03 Å². The first-order valence-electron chi connectivity index (χ1n) is 4.50. The van der Waals surface area contributed by atoms with Gasteiger partial charge in [0, 0.05) is 19.7 Å². The van der Waals surface area contributed by atoms with Crippen molar-refractivity contribution < 1.29 is 9.53 Å². The predicted octanol–water partition coefficient (Wildman–Crippen LogP) is 0.191. The molecule has 0 aromatic heterocycles. The second-order valence-corrected chi connectivity index (χ2v) is 3.30. The highest BCUT2D eigenvalue weighted by Gasteiger charge is 2.28. The van der Waals surface area contributed by atoms with Gasteiger partial charge in [0.25, 0.3) is 0 Å². The summed E-state index contributed by atoms with van der Waals surface area (Å²) in [4.78, 5) is 13.1. The minimum atomic E-state index is 0.0745. The smallest absolute Gasteiger partial charge is 0.317 e. The van der Waals surface area contributed by atoms with Crippen molar-refractivity contribution in [3.05, 3.63) is 0 Å². The number of carbonyl (C=O) groups excluding carboxylic acids is 1. The van der Waals surface area contributed by atoms with Crippen LogP contribution >= 0.6 is 0 Å². The molecule has 68 valence electrons. The van der Waals surface area contributed by atoms with E-state index in [2.05, 4.69) is 5.32 Å². The summed E-state index contributed by atoms with van der Waals surface area (Å²) in [6.45, 7) is 3.20. The SMILES string of the molecule is O=C1NCCN1C1CCCOC1. The third kappa shape index (κ3) is 1.39. The number of hydrogen-bond donors (Lipinski definition) is 1. The molecule has 1 unspecified atom stereocenters. The fourth-order valence-electron chi connectivity index (χ4n) is 1.80. The molecule has 0 aliphatic carbocycles. The molecule has 0 bridgehead atoms. The molecule has 0 aromatic carbocycles. The molecule has 12 heavy (non-hydrogen) atoms. The Balaban J connectivity index is 1.93. The van der Waals surface area contributed by atoms with Gasteiger partial charge in [0.15, 0.2) is 0 Å². The molecule has 0 aromatic rings. The highest BCUT2D eigenvalue weighted by atomic mass is 16.5. The van der Waals surface area contributed by atoms with Gasteiger partial charge in [0.05, 0.1) is 12.6 Å². The summed E-state index contributed by atoms with van der Waals surface area (Å²) < 4.78 is 5.32. The van der Waals surface area contributed by atoms with Gasteiger partial charge in [0.2, 0.25) is 0 Å². The summed E-state index contributed by atoms with van der Waals surface area (Å²) in [7, 11) is 0. The van der Waals surface area contributed by atoms with Gasteiger partial charge in [-0.15, -0.1) is 0 Å². The first kappa shape index (κ1) is 7.86. The maximum absolute atomic E-state index is 11.2. The topological polar surface area (TPSA) is 41.6 Å². The van der Waals surface area contributed by atoms with Crippen LogP contribution in [0.1, 0.15) is 12.8 Å². The molecule has 2 rings (SSSR count). The van der Waals surface area contributed by atoms with Crippen molar-refractivity contribution in [2.75, 3.05) is 26.3 Å². The van der Waals surface area contributed by atoms with Crippen LogP contribution in [0.25, 0.3) is 0 Å². The number of carbonyl (C=O) groups is 1. The largest absolute Gasteiger partial charge is 0.379 e. The van der Waals surface area contributed by atoms with Crippen LogP contribution in [0, 0.1) is 0 Å². The summed E-state index contributed by atoms with van der Waals surface area (Å²) in [5.41, 5.74) is 0. The molecule has 0 saturated carbocycles. The van der Waals surface area contributed by atoms with Gasteiger partial charge >= 0.3 is 6.03 Å². The number of nitrogens with zero attached hydrogens (tertiary/aromatic N) is 1. The molecule has 0 radical (unpaired) electrons. The van der Waals surface area contributed by atoms with E-state index in [0.29, 0.717) is 12.6 Å². The second-order valence-electron chi connectivity index (χ2n) is 3.30. The molecular formula is C8H14N2O2. The predicted molar refractivity (Wildman–Crippen MR) is 43.9 cm³/mol. The lowest BCUT2D eigenvalue weighted by atomic mass is 10.1. The number of nitrogens with one attached hydrogen (secondary N) is 1. The lowest BCUT2D eigenvalue weighted by Crippen LogP contribution is -2.42. The van der Waals surface area contributed by atoms with Crippen LogP contribution < -0.4 is 5.32 Å². The molecule has 4 heteroatoms. The monoisotopic (exact) mass is 170 g/mol. The molecule has 2 aliphatic heterocycles. The number of urea groups is 1. The van der Waals surface area contributed by atoms with Crippen molar-refractivity contribution in [3.8, 4) is 0 Å². The van der Waals surface area contributed by atoms with E-state index < -0.39 is 0 Å². The van der Waals surface area contributed by atoms with Crippen molar-refractivity contribution in [2.45, 2.75) is 18.9 Å². The lowest BCUT2D eigenvalue weighted by molar-refractivity contribution is 0.0379. The Kier molecular flexibility index (Phi) is 2.17. The first-order valence-corrected chi connectivity index (χ1v) is 4.50. The molecule has 2 heterocycles. The van der Waals surface area contributed by atoms with Gasteiger partial charge in [-0.05, 0) is 12.8 Å². The van der Waals surface area contributed by atoms with Crippen LogP contribution in [-0.2, 0) is 4.74 Å². The van der Waals surface area contributed by atoms with E-state index in [4.69, 9.17) is 4.74 Å². The Morgan fingerprint density at radius 2 is 2.50 bits per heavy atom. The number of amides is 2. The average molecular weight is 170 g/mol. The summed E-state index contributed by atoms with van der Waals surface area (Å²) in [6.07, 6.45) is 2.17. The highest BCUT2D eigenvalue weighted by molar-refractivity contribution is 5.76. The minimum Gasteiger partial charge on any atom is -0.379 e. The van der Waals surface area contributed by atoms with Crippen molar-refractivity contribution in [1.29, 1.82) is 0 Å². The minimum absolute atomic E-state index is 0.0745. The molecule has 2 fully saturated rings. The molecule has 4 nitrogen and oxygen atoms in total. The lowest BCUT2D eigenvalue weighted by Gasteiger charge is -2.29. The zero-order valence-corrected chi connectivity index (χ0v) is 7.08. The average Bonchev–Trinajstić information content (AvgIpc) is 2.53. The second kappa shape index (κ2) is 3.31. The first-order chi connectivity index (χ1) is 5.88. The van der Waals surface area contributed by atoms with E-state index in [-0.39, 0.29) is 6.03 Å². The number of rotatable bonds is 1. The van der Waals surface area contributed by atoms with Gasteiger partial charge in [0.1, 0.15) is 0 Å². The van der Waals surface area contributed by atoms with Gasteiger partial charge in [-0.3, -0.25) is 0 Å². The molecule has 0 spiro atoms. The van der Waals surface area contributed by atoms with Crippen LogP contribution in [-0.4, -0.2) is 43.3 Å². The van der Waals surface area contributed by atoms with E-state index in [1.807, 2.05) is 4.90 Å². The van der Waals surface area contributed by atoms with E-state index in [0.717, 1.165) is 32.5 Å². The summed E-state index contributed by atoms with van der Waals surface area (Å²) in [5, 5.41) is 2.80. The van der Waals surface area contributed by atoms with Gasteiger partial charge in [-0.2, -0.15) is 0 Å². The van der Waals surface area contributed by atoms with Crippen molar-refractivity contribution in [2.24, 2.45) is 0 Å². The summed E-state index contributed by atoms with van der Waals surface area (Å²) >= 11 is 0. The maximum atomic E-state index is 11.2. The molecule has 1 atom stereocenters. The normalized spacial score (nSPS) is 30.5. The zero-order valence-electron chi connectivity index (χ0n) is 7.08. The molecular weight excluding hydrogens is 156 g/mol. The molecule has 2 amide bonds. The molecule has 1 N–H and O–H groups in total. The third-order valence-electron chi connectivity index (χ3n) is 2.47. The van der Waals surface area contributed by atoms with Crippen LogP contribution in [0.4, 0.5) is 4.79 Å². The Labute approximate surface area is 71.9 Å².